The molecule has 1 aliphatic heterocycles. The van der Waals surface area contributed by atoms with Crippen LogP contribution in [0.1, 0.15) is 31.3 Å². The van der Waals surface area contributed by atoms with Crippen molar-refractivity contribution in [2.45, 2.75) is 32.7 Å². The van der Waals surface area contributed by atoms with Crippen molar-refractivity contribution in [3.63, 3.8) is 0 Å². The van der Waals surface area contributed by atoms with Crippen molar-refractivity contribution < 1.29 is 14.3 Å². The van der Waals surface area contributed by atoms with Gasteiger partial charge in [-0.15, -0.1) is 10.2 Å². The summed E-state index contributed by atoms with van der Waals surface area (Å²) in [4.78, 5) is 12.2. The Hall–Kier alpha value is -2.28. The molecule has 0 aliphatic carbocycles. The SMILES string of the molecule is CC(C)n1cnnc1CCNC(=O)Cc1cc2c(cc1Cl)OCCO2. The van der Waals surface area contributed by atoms with Gasteiger partial charge in [0.1, 0.15) is 25.4 Å². The lowest BCUT2D eigenvalue weighted by Gasteiger charge is -2.19. The van der Waals surface area contributed by atoms with E-state index in [1.54, 1.807) is 18.5 Å². The van der Waals surface area contributed by atoms with E-state index in [-0.39, 0.29) is 18.4 Å². The van der Waals surface area contributed by atoms with E-state index in [1.165, 1.54) is 0 Å². The quantitative estimate of drug-likeness (QED) is 0.850. The van der Waals surface area contributed by atoms with Crippen LogP contribution in [0.3, 0.4) is 0 Å². The number of carbonyl (C=O) groups is 1. The molecule has 0 saturated carbocycles. The maximum absolute atomic E-state index is 12.2. The van der Waals surface area contributed by atoms with Crippen molar-refractivity contribution in [1.82, 2.24) is 20.1 Å². The molecule has 1 aliphatic rings. The van der Waals surface area contributed by atoms with E-state index >= 15 is 0 Å². The number of amides is 1. The Labute approximate surface area is 151 Å². The first kappa shape index (κ1) is 17.5. The van der Waals surface area contributed by atoms with Gasteiger partial charge in [-0.3, -0.25) is 4.79 Å². The van der Waals surface area contributed by atoms with Gasteiger partial charge < -0.3 is 19.4 Å². The molecule has 134 valence electrons. The molecule has 2 heterocycles. The van der Waals surface area contributed by atoms with E-state index in [4.69, 9.17) is 21.1 Å². The van der Waals surface area contributed by atoms with Crippen molar-refractivity contribution in [2.24, 2.45) is 0 Å². The number of fused-ring (bicyclic) bond motifs is 1. The molecule has 2 aromatic rings. The van der Waals surface area contributed by atoms with Crippen LogP contribution >= 0.6 is 11.6 Å². The maximum Gasteiger partial charge on any atom is 0.224 e. The van der Waals surface area contributed by atoms with Gasteiger partial charge in [-0.05, 0) is 25.5 Å². The number of benzene rings is 1. The zero-order valence-electron chi connectivity index (χ0n) is 14.3. The van der Waals surface area contributed by atoms with E-state index in [9.17, 15) is 4.79 Å². The van der Waals surface area contributed by atoms with Crippen LogP contribution in [0.5, 0.6) is 11.5 Å². The lowest BCUT2D eigenvalue weighted by Crippen LogP contribution is -2.28. The molecule has 7 nitrogen and oxygen atoms in total. The summed E-state index contributed by atoms with van der Waals surface area (Å²) in [6, 6.07) is 3.76. The number of rotatable bonds is 6. The van der Waals surface area contributed by atoms with E-state index in [0.29, 0.717) is 48.3 Å². The van der Waals surface area contributed by atoms with E-state index < -0.39 is 0 Å². The summed E-state index contributed by atoms with van der Waals surface area (Å²) in [6.07, 6.45) is 2.52. The van der Waals surface area contributed by atoms with Crippen LogP contribution in [-0.4, -0.2) is 40.4 Å². The van der Waals surface area contributed by atoms with Crippen LogP contribution in [0.15, 0.2) is 18.5 Å². The molecular formula is C17H21ClN4O3. The summed E-state index contributed by atoms with van der Waals surface area (Å²) in [5.74, 6) is 2.00. The number of carbonyl (C=O) groups excluding carboxylic acids is 1. The average molecular weight is 365 g/mol. The Morgan fingerprint density at radius 3 is 2.76 bits per heavy atom. The van der Waals surface area contributed by atoms with Gasteiger partial charge in [0.2, 0.25) is 5.91 Å². The zero-order valence-corrected chi connectivity index (χ0v) is 15.0. The maximum atomic E-state index is 12.2. The smallest absolute Gasteiger partial charge is 0.224 e. The highest BCUT2D eigenvalue weighted by atomic mass is 35.5. The molecular weight excluding hydrogens is 344 g/mol. The molecule has 1 amide bonds. The van der Waals surface area contributed by atoms with Gasteiger partial charge in [-0.2, -0.15) is 0 Å². The predicted molar refractivity (Wildman–Crippen MR) is 93.3 cm³/mol. The molecule has 1 aromatic heterocycles. The fraction of sp³-hybridized carbons (Fsp3) is 0.471. The number of halogens is 1. The second-order valence-electron chi connectivity index (χ2n) is 6.11. The molecule has 1 N–H and O–H groups in total. The van der Waals surface area contributed by atoms with Gasteiger partial charge in [-0.1, -0.05) is 11.6 Å². The number of hydrogen-bond donors (Lipinski definition) is 1. The van der Waals surface area contributed by atoms with Crippen LogP contribution in [0.4, 0.5) is 0 Å². The number of nitrogens with one attached hydrogen (secondary N) is 1. The molecule has 0 radical (unpaired) electrons. The van der Waals surface area contributed by atoms with Gasteiger partial charge in [-0.25, -0.2) is 0 Å². The molecule has 0 bridgehead atoms. The Morgan fingerprint density at radius 1 is 1.32 bits per heavy atom. The van der Waals surface area contributed by atoms with Crippen molar-refractivity contribution in [2.75, 3.05) is 19.8 Å². The molecule has 0 atom stereocenters. The average Bonchev–Trinajstić information content (AvgIpc) is 3.04. The first-order valence-corrected chi connectivity index (χ1v) is 8.65. The first-order chi connectivity index (χ1) is 12.0. The summed E-state index contributed by atoms with van der Waals surface area (Å²) < 4.78 is 13.0. The fourth-order valence-corrected chi connectivity index (χ4v) is 2.89. The summed E-state index contributed by atoms with van der Waals surface area (Å²) in [7, 11) is 0. The minimum atomic E-state index is -0.103. The summed E-state index contributed by atoms with van der Waals surface area (Å²) >= 11 is 6.24. The summed E-state index contributed by atoms with van der Waals surface area (Å²) in [6.45, 7) is 5.62. The van der Waals surface area contributed by atoms with Gasteiger partial charge in [0.15, 0.2) is 11.5 Å². The Kier molecular flexibility index (Phi) is 5.43. The number of ether oxygens (including phenoxy) is 2. The minimum Gasteiger partial charge on any atom is -0.486 e. The van der Waals surface area contributed by atoms with E-state index in [2.05, 4.69) is 29.4 Å². The van der Waals surface area contributed by atoms with Crippen molar-refractivity contribution in [3.8, 4) is 11.5 Å². The standard InChI is InChI=1S/C17H21ClN4O3/c1-11(2)22-10-20-21-16(22)3-4-19-17(23)8-12-7-14-15(9-13(12)18)25-6-5-24-14/h7,9-11H,3-6,8H2,1-2H3,(H,19,23). The van der Waals surface area contributed by atoms with Gasteiger partial charge in [0.25, 0.3) is 0 Å². The fourth-order valence-electron chi connectivity index (χ4n) is 2.67. The monoisotopic (exact) mass is 364 g/mol. The molecule has 8 heteroatoms. The van der Waals surface area contributed by atoms with Crippen LogP contribution in [-0.2, 0) is 17.6 Å². The molecule has 1 aromatic carbocycles. The predicted octanol–water partition coefficient (Wildman–Crippen LogP) is 2.18. The van der Waals surface area contributed by atoms with Crippen molar-refractivity contribution in [1.29, 1.82) is 0 Å². The van der Waals surface area contributed by atoms with E-state index in [1.807, 2.05) is 4.57 Å². The Morgan fingerprint density at radius 2 is 2.04 bits per heavy atom. The highest BCUT2D eigenvalue weighted by Crippen LogP contribution is 2.35. The normalized spacial score (nSPS) is 13.1. The molecule has 0 spiro atoms. The summed E-state index contributed by atoms with van der Waals surface area (Å²) in [5, 5.41) is 11.4. The van der Waals surface area contributed by atoms with Crippen LogP contribution in [0, 0.1) is 0 Å². The number of aromatic nitrogens is 3. The van der Waals surface area contributed by atoms with Crippen LogP contribution in [0.25, 0.3) is 0 Å². The van der Waals surface area contributed by atoms with Gasteiger partial charge in [0, 0.05) is 30.1 Å². The number of nitrogens with zero attached hydrogens (tertiary/aromatic N) is 3. The van der Waals surface area contributed by atoms with Gasteiger partial charge >= 0.3 is 0 Å². The van der Waals surface area contributed by atoms with Gasteiger partial charge in [0.05, 0.1) is 6.42 Å². The lowest BCUT2D eigenvalue weighted by atomic mass is 10.1. The molecule has 3 rings (SSSR count). The highest BCUT2D eigenvalue weighted by Gasteiger charge is 2.17. The molecule has 0 saturated heterocycles. The van der Waals surface area contributed by atoms with Crippen molar-refractivity contribution >= 4 is 17.5 Å². The number of hydrogen-bond acceptors (Lipinski definition) is 5. The van der Waals surface area contributed by atoms with Crippen molar-refractivity contribution in [3.05, 3.63) is 34.9 Å². The van der Waals surface area contributed by atoms with E-state index in [0.717, 1.165) is 5.82 Å². The first-order valence-electron chi connectivity index (χ1n) is 8.27. The summed E-state index contributed by atoms with van der Waals surface area (Å²) in [5.41, 5.74) is 0.716. The third-order valence-corrected chi connectivity index (χ3v) is 4.29. The topological polar surface area (TPSA) is 78.3 Å². The Bertz CT molecular complexity index is 760. The lowest BCUT2D eigenvalue weighted by molar-refractivity contribution is -0.120. The third kappa shape index (κ3) is 4.22. The van der Waals surface area contributed by atoms with Crippen LogP contribution in [0.2, 0.25) is 5.02 Å². The second kappa shape index (κ2) is 7.74. The van der Waals surface area contributed by atoms with Crippen LogP contribution < -0.4 is 14.8 Å². The highest BCUT2D eigenvalue weighted by molar-refractivity contribution is 6.31. The largest absolute Gasteiger partial charge is 0.486 e. The molecule has 0 unspecified atom stereocenters. The Balaban J connectivity index is 1.55. The molecule has 25 heavy (non-hydrogen) atoms. The zero-order chi connectivity index (χ0) is 17.8. The minimum absolute atomic E-state index is 0.103. The third-order valence-electron chi connectivity index (χ3n) is 3.94. The second-order valence-corrected chi connectivity index (χ2v) is 6.52. The molecule has 0 fully saturated rings.